The SMILES string of the molecule is Cc1ccc(CNCc2ccc(C#Cc3ccc(C(=O)NC(C(=O)NO)C(C)O)cc3)cc2)cc1. The standard InChI is InChI=1S/C28H29N3O4/c1-19-3-5-23(6-4-19)17-29-18-24-11-9-21(10-12-24)7-8-22-13-15-25(16-14-22)27(33)30-26(20(2)32)28(34)31-35/h3-6,9-16,20,26,29,32,35H,17-18H2,1-2H3,(H,30,33)(H,31,34). The Hall–Kier alpha value is -3.96. The summed E-state index contributed by atoms with van der Waals surface area (Å²) in [5.41, 5.74) is 7.01. The maximum absolute atomic E-state index is 12.3. The number of hydroxylamine groups is 1. The topological polar surface area (TPSA) is 111 Å². The lowest BCUT2D eigenvalue weighted by Gasteiger charge is -2.19. The molecule has 0 radical (unpaired) electrons. The Balaban J connectivity index is 1.53. The second kappa shape index (κ2) is 12.5. The first kappa shape index (κ1) is 25.7. The number of rotatable bonds is 8. The molecule has 3 aromatic rings. The monoisotopic (exact) mass is 471 g/mol. The third kappa shape index (κ3) is 7.80. The first-order chi connectivity index (χ1) is 16.9. The molecule has 0 aliphatic rings. The molecule has 2 amide bonds. The van der Waals surface area contributed by atoms with Crippen LogP contribution in [0.2, 0.25) is 0 Å². The Morgan fingerprint density at radius 2 is 1.31 bits per heavy atom. The first-order valence-corrected chi connectivity index (χ1v) is 11.3. The van der Waals surface area contributed by atoms with E-state index in [2.05, 4.69) is 53.7 Å². The van der Waals surface area contributed by atoms with E-state index in [4.69, 9.17) is 5.21 Å². The van der Waals surface area contributed by atoms with E-state index in [0.29, 0.717) is 5.56 Å². The molecule has 180 valence electrons. The van der Waals surface area contributed by atoms with Crippen molar-refractivity contribution in [2.75, 3.05) is 0 Å². The van der Waals surface area contributed by atoms with Gasteiger partial charge in [-0.05, 0) is 61.4 Å². The van der Waals surface area contributed by atoms with Crippen LogP contribution in [0.15, 0.2) is 72.8 Å². The molecule has 0 aliphatic heterocycles. The molecule has 7 nitrogen and oxygen atoms in total. The maximum atomic E-state index is 12.3. The minimum Gasteiger partial charge on any atom is -0.391 e. The number of aliphatic hydroxyl groups is 1. The minimum absolute atomic E-state index is 0.300. The number of aryl methyl sites for hydroxylation is 1. The van der Waals surface area contributed by atoms with Crippen LogP contribution in [0, 0.1) is 18.8 Å². The van der Waals surface area contributed by atoms with Gasteiger partial charge in [0, 0.05) is 29.8 Å². The van der Waals surface area contributed by atoms with Crippen LogP contribution in [0.1, 0.15) is 45.1 Å². The van der Waals surface area contributed by atoms with Crippen molar-refractivity contribution in [2.24, 2.45) is 0 Å². The molecule has 2 unspecified atom stereocenters. The zero-order valence-corrected chi connectivity index (χ0v) is 19.7. The molecule has 3 rings (SSSR count). The van der Waals surface area contributed by atoms with Gasteiger partial charge in [0.05, 0.1) is 6.10 Å². The van der Waals surface area contributed by atoms with Crippen LogP contribution in [-0.4, -0.2) is 34.3 Å². The van der Waals surface area contributed by atoms with Crippen LogP contribution in [0.3, 0.4) is 0 Å². The van der Waals surface area contributed by atoms with E-state index >= 15 is 0 Å². The zero-order valence-electron chi connectivity index (χ0n) is 19.7. The van der Waals surface area contributed by atoms with E-state index in [1.165, 1.54) is 29.1 Å². The lowest BCUT2D eigenvalue weighted by molar-refractivity contribution is -0.133. The lowest BCUT2D eigenvalue weighted by atomic mass is 10.1. The van der Waals surface area contributed by atoms with E-state index in [0.717, 1.165) is 24.2 Å². The molecule has 0 aliphatic carbocycles. The highest BCUT2D eigenvalue weighted by atomic mass is 16.5. The van der Waals surface area contributed by atoms with Gasteiger partial charge in [-0.2, -0.15) is 0 Å². The van der Waals surface area contributed by atoms with Crippen LogP contribution in [0.4, 0.5) is 0 Å². The van der Waals surface area contributed by atoms with Crippen LogP contribution in [0.25, 0.3) is 0 Å². The lowest BCUT2D eigenvalue weighted by Crippen LogP contribution is -2.51. The molecule has 3 aromatic carbocycles. The average molecular weight is 472 g/mol. The summed E-state index contributed by atoms with van der Waals surface area (Å²) >= 11 is 0. The zero-order chi connectivity index (χ0) is 25.2. The summed E-state index contributed by atoms with van der Waals surface area (Å²) in [5.74, 6) is 4.73. The summed E-state index contributed by atoms with van der Waals surface area (Å²) in [6.07, 6.45) is -1.17. The van der Waals surface area contributed by atoms with Gasteiger partial charge < -0.3 is 15.7 Å². The predicted molar refractivity (Wildman–Crippen MR) is 133 cm³/mol. The van der Waals surface area contributed by atoms with Crippen molar-refractivity contribution in [3.05, 3.63) is 106 Å². The molecule has 0 spiro atoms. The number of nitrogens with one attached hydrogen (secondary N) is 3. The molecular formula is C28H29N3O4. The number of carbonyl (C=O) groups excluding carboxylic acids is 2. The fourth-order valence-corrected chi connectivity index (χ4v) is 3.31. The number of aliphatic hydroxyl groups excluding tert-OH is 1. The van der Waals surface area contributed by atoms with Crippen molar-refractivity contribution in [3.63, 3.8) is 0 Å². The van der Waals surface area contributed by atoms with Gasteiger partial charge in [0.25, 0.3) is 11.8 Å². The fraction of sp³-hybridized carbons (Fsp3) is 0.214. The normalized spacial score (nSPS) is 12.1. The van der Waals surface area contributed by atoms with Crippen molar-refractivity contribution in [2.45, 2.75) is 39.1 Å². The van der Waals surface area contributed by atoms with E-state index in [1.807, 2.05) is 24.3 Å². The molecular weight excluding hydrogens is 442 g/mol. The molecule has 0 aromatic heterocycles. The molecule has 0 fully saturated rings. The van der Waals surface area contributed by atoms with Crippen molar-refractivity contribution < 1.29 is 19.9 Å². The Morgan fingerprint density at radius 3 is 1.80 bits per heavy atom. The van der Waals surface area contributed by atoms with Crippen molar-refractivity contribution >= 4 is 11.8 Å². The highest BCUT2D eigenvalue weighted by Crippen LogP contribution is 2.08. The highest BCUT2D eigenvalue weighted by molar-refractivity contribution is 5.97. The second-order valence-electron chi connectivity index (χ2n) is 8.28. The number of carbonyl (C=O) groups is 2. The van der Waals surface area contributed by atoms with Crippen LogP contribution >= 0.6 is 0 Å². The summed E-state index contributed by atoms with van der Waals surface area (Å²) in [6, 6.07) is 21.8. The molecule has 2 atom stereocenters. The quantitative estimate of drug-likeness (QED) is 0.197. The molecule has 5 N–H and O–H groups in total. The van der Waals surface area contributed by atoms with E-state index in [-0.39, 0.29) is 0 Å². The average Bonchev–Trinajstić information content (AvgIpc) is 2.87. The number of benzene rings is 3. The van der Waals surface area contributed by atoms with Gasteiger partial charge >= 0.3 is 0 Å². The van der Waals surface area contributed by atoms with Crippen LogP contribution in [-0.2, 0) is 17.9 Å². The predicted octanol–water partition coefficient (Wildman–Crippen LogP) is 2.67. The molecule has 0 heterocycles. The number of amides is 2. The van der Waals surface area contributed by atoms with E-state index in [1.54, 1.807) is 24.3 Å². The smallest absolute Gasteiger partial charge is 0.268 e. The molecule has 35 heavy (non-hydrogen) atoms. The third-order valence-electron chi connectivity index (χ3n) is 5.39. The Labute approximate surface area is 205 Å². The summed E-state index contributed by atoms with van der Waals surface area (Å²) in [7, 11) is 0. The number of hydrogen-bond donors (Lipinski definition) is 5. The highest BCUT2D eigenvalue weighted by Gasteiger charge is 2.25. The molecule has 0 bridgehead atoms. The molecule has 0 saturated carbocycles. The van der Waals surface area contributed by atoms with Crippen molar-refractivity contribution in [3.8, 4) is 11.8 Å². The van der Waals surface area contributed by atoms with E-state index in [9.17, 15) is 14.7 Å². The first-order valence-electron chi connectivity index (χ1n) is 11.3. The van der Waals surface area contributed by atoms with Gasteiger partial charge in [0.2, 0.25) is 0 Å². The van der Waals surface area contributed by atoms with Gasteiger partial charge in [-0.3, -0.25) is 14.8 Å². The number of hydrogen-bond acceptors (Lipinski definition) is 5. The Morgan fingerprint density at radius 1 is 0.829 bits per heavy atom. The largest absolute Gasteiger partial charge is 0.391 e. The maximum Gasteiger partial charge on any atom is 0.268 e. The Kier molecular flexibility index (Phi) is 9.16. The summed E-state index contributed by atoms with van der Waals surface area (Å²) in [4.78, 5) is 23.9. The van der Waals surface area contributed by atoms with Gasteiger partial charge in [-0.1, -0.05) is 53.8 Å². The third-order valence-corrected chi connectivity index (χ3v) is 5.39. The van der Waals surface area contributed by atoms with Crippen molar-refractivity contribution in [1.82, 2.24) is 16.1 Å². The van der Waals surface area contributed by atoms with E-state index < -0.39 is 24.0 Å². The summed E-state index contributed by atoms with van der Waals surface area (Å²) in [6.45, 7) is 4.99. The van der Waals surface area contributed by atoms with Crippen LogP contribution in [0.5, 0.6) is 0 Å². The summed E-state index contributed by atoms with van der Waals surface area (Å²) in [5, 5.41) is 24.2. The minimum atomic E-state index is -1.27. The van der Waals surface area contributed by atoms with Crippen molar-refractivity contribution in [1.29, 1.82) is 0 Å². The molecule has 0 saturated heterocycles. The summed E-state index contributed by atoms with van der Waals surface area (Å²) < 4.78 is 0. The van der Waals surface area contributed by atoms with Crippen LogP contribution < -0.4 is 16.1 Å². The van der Waals surface area contributed by atoms with Gasteiger partial charge in [-0.15, -0.1) is 0 Å². The van der Waals surface area contributed by atoms with Gasteiger partial charge in [0.1, 0.15) is 6.04 Å². The molecule has 7 heteroatoms. The fourth-order valence-electron chi connectivity index (χ4n) is 3.31. The van der Waals surface area contributed by atoms with Gasteiger partial charge in [0.15, 0.2) is 0 Å². The second-order valence-corrected chi connectivity index (χ2v) is 8.28. The van der Waals surface area contributed by atoms with Gasteiger partial charge in [-0.25, -0.2) is 5.48 Å². The Bertz CT molecular complexity index is 1190.